The van der Waals surface area contributed by atoms with Crippen molar-refractivity contribution in [2.75, 3.05) is 13.1 Å². The third-order valence-corrected chi connectivity index (χ3v) is 4.49. The molecule has 0 unspecified atom stereocenters. The number of amides is 1. The maximum absolute atomic E-state index is 12.2. The highest BCUT2D eigenvalue weighted by molar-refractivity contribution is 5.94. The van der Waals surface area contributed by atoms with Gasteiger partial charge in [-0.15, -0.1) is 0 Å². The molecule has 0 radical (unpaired) electrons. The SMILES string of the molecule is Cc1[nH]c(CN2CC[C@@H](NC(=O)c3cccnc3)[C@H](O)C2)cc1C#N. The molecule has 7 nitrogen and oxygen atoms in total. The van der Waals surface area contributed by atoms with Crippen molar-refractivity contribution in [3.63, 3.8) is 0 Å². The van der Waals surface area contributed by atoms with Gasteiger partial charge in [0.2, 0.25) is 0 Å². The van der Waals surface area contributed by atoms with Gasteiger partial charge in [0.05, 0.1) is 23.3 Å². The standard InChI is InChI=1S/C18H21N5O2/c1-12-14(8-19)7-15(21-12)10-23-6-4-16(17(24)11-23)22-18(25)13-3-2-5-20-9-13/h2-3,5,7,9,16-17,21,24H,4,6,10-11H2,1H3,(H,22,25)/t16-,17-/m1/s1. The average Bonchev–Trinajstić information content (AvgIpc) is 2.97. The summed E-state index contributed by atoms with van der Waals surface area (Å²) in [5, 5.41) is 22.3. The Morgan fingerprint density at radius 2 is 2.44 bits per heavy atom. The minimum absolute atomic E-state index is 0.218. The first-order chi connectivity index (χ1) is 12.1. The van der Waals surface area contributed by atoms with E-state index in [0.29, 0.717) is 30.6 Å². The number of aryl methyl sites for hydroxylation is 1. The number of aromatic nitrogens is 2. The molecule has 3 N–H and O–H groups in total. The van der Waals surface area contributed by atoms with Crippen LogP contribution in [0.4, 0.5) is 0 Å². The number of aliphatic hydroxyl groups is 1. The van der Waals surface area contributed by atoms with Crippen LogP contribution in [0.1, 0.15) is 33.7 Å². The molecule has 7 heteroatoms. The molecule has 2 atom stereocenters. The average molecular weight is 339 g/mol. The topological polar surface area (TPSA) is 105 Å². The highest BCUT2D eigenvalue weighted by Gasteiger charge is 2.29. The van der Waals surface area contributed by atoms with Gasteiger partial charge in [0.25, 0.3) is 5.91 Å². The van der Waals surface area contributed by atoms with E-state index in [1.54, 1.807) is 18.3 Å². The maximum atomic E-state index is 12.2. The van der Waals surface area contributed by atoms with Gasteiger partial charge in [0.15, 0.2) is 0 Å². The quantitative estimate of drug-likeness (QED) is 0.769. The molecular weight excluding hydrogens is 318 g/mol. The summed E-state index contributed by atoms with van der Waals surface area (Å²) in [7, 11) is 0. The second-order valence-corrected chi connectivity index (χ2v) is 6.36. The molecule has 1 amide bonds. The fourth-order valence-corrected chi connectivity index (χ4v) is 3.13. The second-order valence-electron chi connectivity index (χ2n) is 6.36. The number of H-pyrrole nitrogens is 1. The monoisotopic (exact) mass is 339 g/mol. The lowest BCUT2D eigenvalue weighted by Crippen LogP contribution is -2.53. The largest absolute Gasteiger partial charge is 0.390 e. The summed E-state index contributed by atoms with van der Waals surface area (Å²) >= 11 is 0. The lowest BCUT2D eigenvalue weighted by Gasteiger charge is -2.36. The van der Waals surface area contributed by atoms with Gasteiger partial charge < -0.3 is 15.4 Å². The van der Waals surface area contributed by atoms with E-state index in [1.807, 2.05) is 13.0 Å². The van der Waals surface area contributed by atoms with Crippen molar-refractivity contribution in [3.8, 4) is 6.07 Å². The predicted molar refractivity (Wildman–Crippen MR) is 91.6 cm³/mol. The molecule has 0 spiro atoms. The Labute approximate surface area is 146 Å². The smallest absolute Gasteiger partial charge is 0.253 e. The van der Waals surface area contributed by atoms with Crippen molar-refractivity contribution in [1.82, 2.24) is 20.2 Å². The van der Waals surface area contributed by atoms with E-state index in [1.165, 1.54) is 6.20 Å². The van der Waals surface area contributed by atoms with Crippen LogP contribution in [0.15, 0.2) is 30.6 Å². The number of hydrogen-bond donors (Lipinski definition) is 3. The number of rotatable bonds is 4. The third kappa shape index (κ3) is 4.05. The maximum Gasteiger partial charge on any atom is 0.253 e. The molecule has 0 aliphatic carbocycles. The minimum atomic E-state index is -0.638. The summed E-state index contributed by atoms with van der Waals surface area (Å²) in [5.41, 5.74) is 2.95. The minimum Gasteiger partial charge on any atom is -0.390 e. The zero-order valence-electron chi connectivity index (χ0n) is 14.1. The molecule has 0 saturated carbocycles. The number of pyridine rings is 1. The Kier molecular flexibility index (Phi) is 5.12. The van der Waals surface area contributed by atoms with Crippen LogP contribution in [0.25, 0.3) is 0 Å². The predicted octanol–water partition coefficient (Wildman–Crippen LogP) is 0.955. The Hall–Kier alpha value is -2.69. The van der Waals surface area contributed by atoms with Gasteiger partial charge in [0.1, 0.15) is 6.07 Å². The molecule has 0 aromatic carbocycles. The van der Waals surface area contributed by atoms with Crippen LogP contribution in [0.3, 0.4) is 0 Å². The number of aromatic amines is 1. The van der Waals surface area contributed by atoms with Crippen LogP contribution < -0.4 is 5.32 Å². The number of nitriles is 1. The van der Waals surface area contributed by atoms with Crippen LogP contribution in [-0.4, -0.2) is 51.1 Å². The zero-order valence-corrected chi connectivity index (χ0v) is 14.1. The first-order valence-corrected chi connectivity index (χ1v) is 8.26. The molecule has 1 aliphatic rings. The molecule has 1 aliphatic heterocycles. The van der Waals surface area contributed by atoms with Gasteiger partial charge >= 0.3 is 0 Å². The molecular formula is C18H21N5O2. The normalized spacial score (nSPS) is 20.8. The van der Waals surface area contributed by atoms with E-state index in [9.17, 15) is 9.90 Å². The number of aliphatic hydroxyl groups excluding tert-OH is 1. The van der Waals surface area contributed by atoms with Crippen LogP contribution in [0.2, 0.25) is 0 Å². The fourth-order valence-electron chi connectivity index (χ4n) is 3.13. The van der Waals surface area contributed by atoms with Crippen molar-refractivity contribution in [3.05, 3.63) is 53.1 Å². The number of β-amino-alcohol motifs (C(OH)–C–C–N with tert-alkyl or cyclic N) is 1. The number of nitrogens with one attached hydrogen (secondary N) is 2. The molecule has 2 aromatic rings. The van der Waals surface area contributed by atoms with Gasteiger partial charge in [-0.25, -0.2) is 0 Å². The zero-order chi connectivity index (χ0) is 17.8. The molecule has 3 rings (SSSR count). The Morgan fingerprint density at radius 3 is 3.08 bits per heavy atom. The van der Waals surface area contributed by atoms with Crippen LogP contribution in [0.5, 0.6) is 0 Å². The summed E-state index contributed by atoms with van der Waals surface area (Å²) in [6.07, 6.45) is 3.15. The first-order valence-electron chi connectivity index (χ1n) is 8.26. The number of nitrogens with zero attached hydrogens (tertiary/aromatic N) is 3. The molecule has 1 fully saturated rings. The highest BCUT2D eigenvalue weighted by Crippen LogP contribution is 2.16. The van der Waals surface area contributed by atoms with Crippen LogP contribution >= 0.6 is 0 Å². The van der Waals surface area contributed by atoms with E-state index in [2.05, 4.69) is 26.3 Å². The summed E-state index contributed by atoms with van der Waals surface area (Å²) in [4.78, 5) is 21.4. The lowest BCUT2D eigenvalue weighted by molar-refractivity contribution is 0.0345. The molecule has 1 saturated heterocycles. The summed E-state index contributed by atoms with van der Waals surface area (Å²) in [5.74, 6) is -0.218. The Morgan fingerprint density at radius 1 is 1.60 bits per heavy atom. The number of likely N-dealkylation sites (tertiary alicyclic amines) is 1. The van der Waals surface area contributed by atoms with Crippen molar-refractivity contribution in [1.29, 1.82) is 5.26 Å². The molecule has 0 bridgehead atoms. The van der Waals surface area contributed by atoms with Gasteiger partial charge in [-0.3, -0.25) is 14.7 Å². The Balaban J connectivity index is 1.55. The second kappa shape index (κ2) is 7.47. The number of carbonyl (C=O) groups is 1. The van der Waals surface area contributed by atoms with Gasteiger partial charge in [-0.1, -0.05) is 0 Å². The summed E-state index contributed by atoms with van der Waals surface area (Å²) < 4.78 is 0. The summed E-state index contributed by atoms with van der Waals surface area (Å²) in [6.45, 7) is 3.74. The van der Waals surface area contributed by atoms with E-state index in [4.69, 9.17) is 5.26 Å². The van der Waals surface area contributed by atoms with Gasteiger partial charge in [0, 0.05) is 43.4 Å². The molecule has 130 valence electrons. The number of hydrogen-bond acceptors (Lipinski definition) is 5. The van der Waals surface area contributed by atoms with Crippen molar-refractivity contribution in [2.24, 2.45) is 0 Å². The van der Waals surface area contributed by atoms with E-state index in [-0.39, 0.29) is 11.9 Å². The first kappa shape index (κ1) is 17.1. The molecule has 25 heavy (non-hydrogen) atoms. The van der Waals surface area contributed by atoms with E-state index >= 15 is 0 Å². The summed E-state index contributed by atoms with van der Waals surface area (Å²) in [6, 6.07) is 7.13. The van der Waals surface area contributed by atoms with E-state index < -0.39 is 6.10 Å². The van der Waals surface area contributed by atoms with Crippen molar-refractivity contribution >= 4 is 5.91 Å². The van der Waals surface area contributed by atoms with Crippen molar-refractivity contribution in [2.45, 2.75) is 32.0 Å². The van der Waals surface area contributed by atoms with Gasteiger partial charge in [-0.2, -0.15) is 5.26 Å². The number of carbonyl (C=O) groups excluding carboxylic acids is 1. The Bertz CT molecular complexity index is 781. The van der Waals surface area contributed by atoms with Gasteiger partial charge in [-0.05, 0) is 31.5 Å². The van der Waals surface area contributed by atoms with Crippen LogP contribution in [-0.2, 0) is 6.54 Å². The fraction of sp³-hybridized carbons (Fsp3) is 0.389. The van der Waals surface area contributed by atoms with E-state index in [0.717, 1.165) is 17.9 Å². The highest BCUT2D eigenvalue weighted by atomic mass is 16.3. The number of piperidine rings is 1. The van der Waals surface area contributed by atoms with Crippen LogP contribution in [0, 0.1) is 18.3 Å². The third-order valence-electron chi connectivity index (χ3n) is 4.49. The molecule has 3 heterocycles. The lowest BCUT2D eigenvalue weighted by atomic mass is 10.0. The molecule has 2 aromatic heterocycles. The van der Waals surface area contributed by atoms with Crippen molar-refractivity contribution < 1.29 is 9.90 Å².